The SMILES string of the molecule is Cc1c(CCC(=O)O)c2ccccc2n1C(=O)C(C)c1cccc2ccccc12. The topological polar surface area (TPSA) is 59.3 Å². The van der Waals surface area contributed by atoms with Gasteiger partial charge in [-0.25, -0.2) is 0 Å². The number of hydrogen-bond acceptors (Lipinski definition) is 2. The molecule has 0 aliphatic rings. The van der Waals surface area contributed by atoms with E-state index < -0.39 is 5.97 Å². The van der Waals surface area contributed by atoms with E-state index in [4.69, 9.17) is 5.11 Å². The van der Waals surface area contributed by atoms with Crippen molar-refractivity contribution in [3.05, 3.63) is 83.6 Å². The minimum absolute atomic E-state index is 0.00312. The fourth-order valence-electron chi connectivity index (χ4n) is 4.22. The molecule has 0 radical (unpaired) electrons. The Labute approximate surface area is 169 Å². The van der Waals surface area contributed by atoms with Crippen LogP contribution in [0.25, 0.3) is 21.7 Å². The maximum Gasteiger partial charge on any atom is 0.303 e. The number of aliphatic carboxylic acids is 1. The fourth-order valence-corrected chi connectivity index (χ4v) is 4.22. The number of aromatic nitrogens is 1. The molecule has 1 unspecified atom stereocenters. The predicted octanol–water partition coefficient (Wildman–Crippen LogP) is 5.56. The normalized spacial score (nSPS) is 12.3. The summed E-state index contributed by atoms with van der Waals surface area (Å²) in [6.07, 6.45) is 0.451. The number of carbonyl (C=O) groups excluding carboxylic acids is 1. The summed E-state index contributed by atoms with van der Waals surface area (Å²) in [5.41, 5.74) is 3.59. The fraction of sp³-hybridized carbons (Fsp3) is 0.200. The first-order valence-electron chi connectivity index (χ1n) is 9.81. The zero-order chi connectivity index (χ0) is 20.5. The Kier molecular flexibility index (Phi) is 4.93. The number of nitrogens with zero attached hydrogens (tertiary/aromatic N) is 1. The number of para-hydroxylation sites is 1. The van der Waals surface area contributed by atoms with Crippen LogP contribution in [0.4, 0.5) is 0 Å². The highest BCUT2D eigenvalue weighted by atomic mass is 16.4. The summed E-state index contributed by atoms with van der Waals surface area (Å²) in [6.45, 7) is 3.85. The summed E-state index contributed by atoms with van der Waals surface area (Å²) in [5, 5.41) is 12.3. The molecule has 1 atom stereocenters. The molecule has 1 heterocycles. The molecule has 1 aromatic heterocycles. The lowest BCUT2D eigenvalue weighted by Crippen LogP contribution is -2.19. The molecule has 0 saturated heterocycles. The van der Waals surface area contributed by atoms with Crippen LogP contribution in [0.5, 0.6) is 0 Å². The number of benzene rings is 3. The van der Waals surface area contributed by atoms with Gasteiger partial charge in [0.05, 0.1) is 11.4 Å². The first kappa shape index (κ1) is 18.9. The molecule has 146 valence electrons. The second-order valence-corrected chi connectivity index (χ2v) is 7.44. The molecule has 0 aliphatic heterocycles. The van der Waals surface area contributed by atoms with Gasteiger partial charge in [0.2, 0.25) is 5.91 Å². The molecule has 0 amide bonds. The third-order valence-electron chi connectivity index (χ3n) is 5.71. The molecule has 0 fully saturated rings. The second-order valence-electron chi connectivity index (χ2n) is 7.44. The van der Waals surface area contributed by atoms with Gasteiger partial charge in [-0.2, -0.15) is 0 Å². The van der Waals surface area contributed by atoms with Gasteiger partial charge < -0.3 is 5.11 Å². The lowest BCUT2D eigenvalue weighted by Gasteiger charge is -2.16. The lowest BCUT2D eigenvalue weighted by atomic mass is 9.94. The Bertz CT molecular complexity index is 1230. The minimum atomic E-state index is -0.836. The van der Waals surface area contributed by atoms with E-state index in [1.807, 2.05) is 68.4 Å². The van der Waals surface area contributed by atoms with E-state index in [1.165, 1.54) is 0 Å². The highest BCUT2D eigenvalue weighted by molar-refractivity contribution is 6.00. The summed E-state index contributed by atoms with van der Waals surface area (Å²) >= 11 is 0. The standard InChI is InChI=1S/C25H23NO3/c1-16(19-12-7-9-18-8-3-4-10-21(18)19)25(29)26-17(2)20(14-15-24(27)28)22-11-5-6-13-23(22)26/h3-13,16H,14-15H2,1-2H3,(H,27,28). The van der Waals surface area contributed by atoms with Crippen molar-refractivity contribution in [2.75, 3.05) is 0 Å². The molecule has 1 N–H and O–H groups in total. The van der Waals surface area contributed by atoms with Crippen molar-refractivity contribution in [2.45, 2.75) is 32.6 Å². The van der Waals surface area contributed by atoms with E-state index >= 15 is 0 Å². The van der Waals surface area contributed by atoms with Gasteiger partial charge in [0.15, 0.2) is 0 Å². The van der Waals surface area contributed by atoms with Gasteiger partial charge in [-0.3, -0.25) is 14.2 Å². The third-order valence-corrected chi connectivity index (χ3v) is 5.71. The van der Waals surface area contributed by atoms with Gasteiger partial charge in [0.25, 0.3) is 0 Å². The Morgan fingerprint density at radius 1 is 0.931 bits per heavy atom. The molecule has 0 bridgehead atoms. The molecule has 4 nitrogen and oxygen atoms in total. The first-order chi connectivity index (χ1) is 14.0. The quantitative estimate of drug-likeness (QED) is 0.489. The predicted molar refractivity (Wildman–Crippen MR) is 116 cm³/mol. The second kappa shape index (κ2) is 7.55. The Morgan fingerprint density at radius 2 is 1.59 bits per heavy atom. The van der Waals surface area contributed by atoms with E-state index in [2.05, 4.69) is 12.1 Å². The van der Waals surface area contributed by atoms with Crippen LogP contribution in [-0.4, -0.2) is 21.6 Å². The van der Waals surface area contributed by atoms with E-state index in [1.54, 1.807) is 4.57 Å². The van der Waals surface area contributed by atoms with Crippen LogP contribution in [0, 0.1) is 6.92 Å². The summed E-state index contributed by atoms with van der Waals surface area (Å²) < 4.78 is 1.76. The molecule has 0 spiro atoms. The lowest BCUT2D eigenvalue weighted by molar-refractivity contribution is -0.136. The van der Waals surface area contributed by atoms with Crippen LogP contribution >= 0.6 is 0 Å². The van der Waals surface area contributed by atoms with E-state index in [9.17, 15) is 9.59 Å². The number of fused-ring (bicyclic) bond motifs is 2. The van der Waals surface area contributed by atoms with Gasteiger partial charge >= 0.3 is 5.97 Å². The van der Waals surface area contributed by atoms with Crippen LogP contribution in [-0.2, 0) is 11.2 Å². The first-order valence-corrected chi connectivity index (χ1v) is 9.81. The molecular weight excluding hydrogens is 362 g/mol. The van der Waals surface area contributed by atoms with Crippen LogP contribution < -0.4 is 0 Å². The number of carboxylic acids is 1. The third kappa shape index (κ3) is 3.31. The monoisotopic (exact) mass is 385 g/mol. The Hall–Kier alpha value is -3.40. The van der Waals surface area contributed by atoms with Crippen molar-refractivity contribution < 1.29 is 14.7 Å². The number of carboxylic acid groups (broad SMARTS) is 1. The van der Waals surface area contributed by atoms with Crippen LogP contribution in [0.1, 0.15) is 40.9 Å². The smallest absolute Gasteiger partial charge is 0.303 e. The Morgan fingerprint density at radius 3 is 2.34 bits per heavy atom. The van der Waals surface area contributed by atoms with Crippen molar-refractivity contribution in [2.24, 2.45) is 0 Å². The maximum absolute atomic E-state index is 13.6. The summed E-state index contributed by atoms with van der Waals surface area (Å²) in [4.78, 5) is 24.7. The highest BCUT2D eigenvalue weighted by Gasteiger charge is 2.24. The van der Waals surface area contributed by atoms with Gasteiger partial charge in [0, 0.05) is 17.5 Å². The maximum atomic E-state index is 13.6. The molecule has 3 aromatic carbocycles. The Balaban J connectivity index is 1.83. The average Bonchev–Trinajstić information content (AvgIpc) is 3.02. The molecule has 4 heteroatoms. The van der Waals surface area contributed by atoms with Gasteiger partial charge in [0.1, 0.15) is 0 Å². The average molecular weight is 385 g/mol. The molecule has 0 aliphatic carbocycles. The summed E-state index contributed by atoms with van der Waals surface area (Å²) in [5.74, 6) is -1.17. The van der Waals surface area contributed by atoms with Crippen molar-refractivity contribution >= 4 is 33.6 Å². The number of aryl methyl sites for hydroxylation is 1. The number of carbonyl (C=O) groups is 2. The summed E-state index contributed by atoms with van der Waals surface area (Å²) in [6, 6.07) is 21.9. The molecule has 0 saturated carbocycles. The van der Waals surface area contributed by atoms with Crippen LogP contribution in [0.3, 0.4) is 0 Å². The summed E-state index contributed by atoms with van der Waals surface area (Å²) in [7, 11) is 0. The zero-order valence-electron chi connectivity index (χ0n) is 16.6. The largest absolute Gasteiger partial charge is 0.481 e. The van der Waals surface area contributed by atoms with Gasteiger partial charge in [-0.15, -0.1) is 0 Å². The molecular formula is C25H23NO3. The number of rotatable bonds is 5. The molecule has 4 aromatic rings. The zero-order valence-corrected chi connectivity index (χ0v) is 16.6. The minimum Gasteiger partial charge on any atom is -0.481 e. The van der Waals surface area contributed by atoms with Crippen molar-refractivity contribution in [3.63, 3.8) is 0 Å². The van der Waals surface area contributed by atoms with Crippen molar-refractivity contribution in [1.29, 1.82) is 0 Å². The highest BCUT2D eigenvalue weighted by Crippen LogP contribution is 2.32. The van der Waals surface area contributed by atoms with E-state index in [0.29, 0.717) is 6.42 Å². The van der Waals surface area contributed by atoms with Gasteiger partial charge in [-0.05, 0) is 48.2 Å². The number of hydrogen-bond donors (Lipinski definition) is 1. The van der Waals surface area contributed by atoms with Crippen LogP contribution in [0.15, 0.2) is 66.7 Å². The van der Waals surface area contributed by atoms with Crippen LogP contribution in [0.2, 0.25) is 0 Å². The van der Waals surface area contributed by atoms with Crippen molar-refractivity contribution in [3.8, 4) is 0 Å². The van der Waals surface area contributed by atoms with E-state index in [-0.39, 0.29) is 18.2 Å². The van der Waals surface area contributed by atoms with Gasteiger partial charge in [-0.1, -0.05) is 60.7 Å². The van der Waals surface area contributed by atoms with E-state index in [0.717, 1.165) is 38.5 Å². The molecule has 29 heavy (non-hydrogen) atoms. The molecule has 4 rings (SSSR count). The van der Waals surface area contributed by atoms with Crippen molar-refractivity contribution in [1.82, 2.24) is 4.57 Å².